The van der Waals surface area contributed by atoms with Crippen LogP contribution in [0.2, 0.25) is 0 Å². The van der Waals surface area contributed by atoms with E-state index in [2.05, 4.69) is 30.8 Å². The van der Waals surface area contributed by atoms with Crippen LogP contribution in [0.3, 0.4) is 0 Å². The number of rotatable bonds is 9. The third-order valence-corrected chi connectivity index (χ3v) is 10.4. The molecule has 2 unspecified atom stereocenters. The van der Waals surface area contributed by atoms with Crippen LogP contribution in [0.15, 0.2) is 55.0 Å². The Kier molecular flexibility index (Phi) is 8.81. The van der Waals surface area contributed by atoms with Gasteiger partial charge in [0.05, 0.1) is 25.8 Å². The molecule has 0 radical (unpaired) electrons. The lowest BCUT2D eigenvalue weighted by Gasteiger charge is -2.44. The maximum atomic E-state index is 13.3. The summed E-state index contributed by atoms with van der Waals surface area (Å²) in [6.45, 7) is 13.3. The van der Waals surface area contributed by atoms with Crippen molar-refractivity contribution in [3.05, 3.63) is 66.1 Å². The van der Waals surface area contributed by atoms with Gasteiger partial charge in [0.25, 0.3) is 5.91 Å². The van der Waals surface area contributed by atoms with Crippen molar-refractivity contribution in [3.8, 4) is 5.88 Å². The summed E-state index contributed by atoms with van der Waals surface area (Å²) in [5, 5.41) is 8.29. The van der Waals surface area contributed by atoms with E-state index < -0.39 is 23.9 Å². The highest BCUT2D eigenvalue weighted by Gasteiger charge is 2.57. The minimum absolute atomic E-state index is 0.127. The summed E-state index contributed by atoms with van der Waals surface area (Å²) in [7, 11) is 0. The predicted molar refractivity (Wildman–Crippen MR) is 181 cm³/mol. The van der Waals surface area contributed by atoms with Crippen molar-refractivity contribution in [2.75, 3.05) is 38.0 Å². The standard InChI is InChI=1S/C36H44FN7O6/c1-21(2)26-14-38-44-29(39-31-27-18-42(19-28(27)31)34(46)50-25-15-41(16-25)33(45)22(3)37)13-30(40-32(26)44)49-24-11-12-36(4,5)43(17-24)35(47)48-20-23-9-7-6-8-10-23/h6-10,13-14,21,24-25,27-28,31,39H,3,11-12,15-20H2,1-2,4-5H3/t24-,27?,28?,31?/m1/s1. The molecular formula is C36H44FN7O6. The van der Waals surface area contributed by atoms with Gasteiger partial charge in [0.15, 0.2) is 11.5 Å². The molecule has 3 aliphatic heterocycles. The minimum atomic E-state index is -1.02. The zero-order chi connectivity index (χ0) is 35.3. The third kappa shape index (κ3) is 6.67. The molecule has 266 valence electrons. The third-order valence-electron chi connectivity index (χ3n) is 10.4. The summed E-state index contributed by atoms with van der Waals surface area (Å²) in [5.74, 6) is 0.0646. The molecule has 4 aliphatic rings. The maximum Gasteiger partial charge on any atom is 0.410 e. The molecule has 0 bridgehead atoms. The topological polar surface area (TPSA) is 131 Å². The summed E-state index contributed by atoms with van der Waals surface area (Å²) < 4.78 is 32.6. The second-order valence-electron chi connectivity index (χ2n) is 14.7. The molecule has 1 aromatic carbocycles. The Morgan fingerprint density at radius 1 is 1.02 bits per heavy atom. The van der Waals surface area contributed by atoms with Crippen LogP contribution in [-0.4, -0.2) is 104 Å². The van der Waals surface area contributed by atoms with Crippen molar-refractivity contribution in [2.45, 2.75) is 76.9 Å². The number of ether oxygens (including phenoxy) is 3. The van der Waals surface area contributed by atoms with E-state index in [1.807, 2.05) is 56.4 Å². The lowest BCUT2D eigenvalue weighted by atomic mass is 9.89. The van der Waals surface area contributed by atoms with E-state index in [-0.39, 0.29) is 61.2 Å². The van der Waals surface area contributed by atoms with Gasteiger partial charge in [-0.05, 0) is 38.2 Å². The fraction of sp³-hybridized carbons (Fsp3) is 0.528. The van der Waals surface area contributed by atoms with Gasteiger partial charge in [-0.15, -0.1) is 0 Å². The minimum Gasteiger partial charge on any atom is -0.472 e. The van der Waals surface area contributed by atoms with Crippen molar-refractivity contribution in [2.24, 2.45) is 11.8 Å². The average Bonchev–Trinajstić information content (AvgIpc) is 3.38. The summed E-state index contributed by atoms with van der Waals surface area (Å²) in [6.07, 6.45) is 1.80. The lowest BCUT2D eigenvalue weighted by Crippen LogP contribution is -2.56. The van der Waals surface area contributed by atoms with E-state index in [0.29, 0.717) is 31.2 Å². The number of aromatic nitrogens is 3. The van der Waals surface area contributed by atoms with E-state index in [1.54, 1.807) is 14.3 Å². The van der Waals surface area contributed by atoms with Gasteiger partial charge in [0.2, 0.25) is 5.88 Å². The zero-order valence-electron chi connectivity index (χ0n) is 28.9. The SMILES string of the molecule is C=C(F)C(=O)N1CC(OC(=O)N2CC3C(C2)C3Nc2cc(O[C@@H]3CCC(C)(C)N(C(=O)OCc4ccccc4)C3)nc3c(C(C)C)cnn23)C1. The first-order valence-corrected chi connectivity index (χ1v) is 17.3. The molecule has 1 N–H and O–H groups in total. The van der Waals surface area contributed by atoms with E-state index in [1.165, 1.54) is 4.90 Å². The van der Waals surface area contributed by atoms with Gasteiger partial charge in [-0.25, -0.2) is 14.0 Å². The number of likely N-dealkylation sites (tertiary alicyclic amines) is 3. The van der Waals surface area contributed by atoms with Crippen LogP contribution < -0.4 is 10.1 Å². The maximum absolute atomic E-state index is 13.3. The Balaban J connectivity index is 0.990. The summed E-state index contributed by atoms with van der Waals surface area (Å²) >= 11 is 0. The number of benzene rings is 1. The van der Waals surface area contributed by atoms with Gasteiger partial charge in [0, 0.05) is 48.1 Å². The van der Waals surface area contributed by atoms with Crippen LogP contribution in [-0.2, 0) is 20.9 Å². The van der Waals surface area contributed by atoms with Gasteiger partial charge < -0.3 is 29.3 Å². The molecule has 14 heteroatoms. The Bertz CT molecular complexity index is 1780. The number of nitrogens with one attached hydrogen (secondary N) is 1. The zero-order valence-corrected chi connectivity index (χ0v) is 28.9. The normalized spacial score (nSPS) is 24.1. The summed E-state index contributed by atoms with van der Waals surface area (Å²) in [5.41, 5.74) is 2.24. The molecule has 2 aromatic heterocycles. The first-order chi connectivity index (χ1) is 23.9. The molecule has 3 amide bonds. The molecule has 3 aromatic rings. The van der Waals surface area contributed by atoms with Gasteiger partial charge in [-0.2, -0.15) is 14.6 Å². The second-order valence-corrected chi connectivity index (χ2v) is 14.7. The first kappa shape index (κ1) is 33.6. The van der Waals surface area contributed by atoms with Crippen LogP contribution >= 0.6 is 0 Å². The van der Waals surface area contributed by atoms with Crippen molar-refractivity contribution in [3.63, 3.8) is 0 Å². The van der Waals surface area contributed by atoms with Crippen molar-refractivity contribution < 1.29 is 33.0 Å². The summed E-state index contributed by atoms with van der Waals surface area (Å²) in [6, 6.07) is 11.6. The fourth-order valence-corrected chi connectivity index (χ4v) is 7.23. The second kappa shape index (κ2) is 13.1. The number of piperidine rings is 2. The van der Waals surface area contributed by atoms with Crippen molar-refractivity contribution in [1.29, 1.82) is 0 Å². The number of hydrogen-bond donors (Lipinski definition) is 1. The molecule has 3 atom stereocenters. The quantitative estimate of drug-likeness (QED) is 0.309. The molecular weight excluding hydrogens is 645 g/mol. The molecule has 1 aliphatic carbocycles. The highest BCUT2D eigenvalue weighted by Crippen LogP contribution is 2.48. The van der Waals surface area contributed by atoms with Gasteiger partial charge >= 0.3 is 12.2 Å². The van der Waals surface area contributed by atoms with Gasteiger partial charge in [-0.1, -0.05) is 50.8 Å². The lowest BCUT2D eigenvalue weighted by molar-refractivity contribution is -0.139. The van der Waals surface area contributed by atoms with E-state index in [4.69, 9.17) is 19.2 Å². The van der Waals surface area contributed by atoms with Crippen LogP contribution in [0.25, 0.3) is 5.65 Å². The number of nitrogens with zero attached hydrogens (tertiary/aromatic N) is 6. The predicted octanol–water partition coefficient (Wildman–Crippen LogP) is 4.98. The molecule has 1 saturated carbocycles. The van der Waals surface area contributed by atoms with Crippen LogP contribution in [0.5, 0.6) is 5.88 Å². The van der Waals surface area contributed by atoms with Crippen LogP contribution in [0.4, 0.5) is 19.8 Å². The molecule has 13 nitrogen and oxygen atoms in total. The van der Waals surface area contributed by atoms with Crippen LogP contribution in [0, 0.1) is 11.8 Å². The number of halogens is 1. The smallest absolute Gasteiger partial charge is 0.410 e. The Labute approximate surface area is 290 Å². The van der Waals surface area contributed by atoms with Crippen molar-refractivity contribution in [1.82, 2.24) is 29.3 Å². The van der Waals surface area contributed by atoms with Gasteiger partial charge in [0.1, 0.15) is 24.6 Å². The number of carbonyl (C=O) groups excluding carboxylic acids is 3. The molecule has 7 rings (SSSR count). The highest BCUT2D eigenvalue weighted by atomic mass is 19.1. The number of carbonyl (C=O) groups is 3. The fourth-order valence-electron chi connectivity index (χ4n) is 7.23. The Hall–Kier alpha value is -4.88. The molecule has 0 spiro atoms. The number of anilines is 1. The van der Waals surface area contributed by atoms with E-state index >= 15 is 0 Å². The molecule has 50 heavy (non-hydrogen) atoms. The molecule has 5 heterocycles. The number of amides is 3. The first-order valence-electron chi connectivity index (χ1n) is 17.3. The van der Waals surface area contributed by atoms with Crippen molar-refractivity contribution >= 4 is 29.6 Å². The number of fused-ring (bicyclic) bond motifs is 2. The summed E-state index contributed by atoms with van der Waals surface area (Å²) in [4.78, 5) is 47.3. The molecule has 4 fully saturated rings. The highest BCUT2D eigenvalue weighted by molar-refractivity contribution is 5.91. The van der Waals surface area contributed by atoms with E-state index in [9.17, 15) is 18.8 Å². The van der Waals surface area contributed by atoms with Gasteiger partial charge in [-0.3, -0.25) is 9.69 Å². The number of hydrogen-bond acceptors (Lipinski definition) is 9. The van der Waals surface area contributed by atoms with Crippen LogP contribution in [0.1, 0.15) is 57.6 Å². The molecule has 3 saturated heterocycles. The largest absolute Gasteiger partial charge is 0.472 e. The van der Waals surface area contributed by atoms with E-state index in [0.717, 1.165) is 29.8 Å². The monoisotopic (exact) mass is 689 g/mol. The Morgan fingerprint density at radius 2 is 1.74 bits per heavy atom. The Morgan fingerprint density at radius 3 is 2.42 bits per heavy atom. The average molecular weight is 690 g/mol.